The largest absolute Gasteiger partial charge is 0.481 e. The van der Waals surface area contributed by atoms with Gasteiger partial charge in [0, 0.05) is 63.2 Å². The predicted molar refractivity (Wildman–Crippen MR) is 121 cm³/mol. The van der Waals surface area contributed by atoms with Gasteiger partial charge in [-0.05, 0) is 18.2 Å². The first-order valence-electron chi connectivity index (χ1n) is 10.7. The molecule has 1 atom stereocenters. The van der Waals surface area contributed by atoms with Crippen molar-refractivity contribution in [2.75, 3.05) is 53.6 Å². The maximum Gasteiger partial charge on any atom is 0.410 e. The fourth-order valence-electron chi connectivity index (χ4n) is 3.92. The number of nitrogens with zero attached hydrogens (tertiary/aromatic N) is 5. The molecule has 0 N–H and O–H groups in total. The van der Waals surface area contributed by atoms with Crippen LogP contribution in [0, 0.1) is 0 Å². The van der Waals surface area contributed by atoms with E-state index in [1.54, 1.807) is 24.3 Å². The van der Waals surface area contributed by atoms with Gasteiger partial charge in [-0.3, -0.25) is 0 Å². The molecule has 0 spiro atoms. The first kappa shape index (κ1) is 21.9. The highest BCUT2D eigenvalue weighted by Crippen LogP contribution is 2.30. The van der Waals surface area contributed by atoms with Gasteiger partial charge in [-0.25, -0.2) is 14.8 Å². The number of carbonyl (C=O) groups excluding carboxylic acids is 1. The molecular formula is C23H29N5O4. The highest BCUT2D eigenvalue weighted by Gasteiger charge is 2.28. The lowest BCUT2D eigenvalue weighted by Crippen LogP contribution is -2.51. The number of hydrogen-bond acceptors (Lipinski definition) is 8. The molecule has 1 amide bonds. The molecule has 2 fully saturated rings. The summed E-state index contributed by atoms with van der Waals surface area (Å²) in [5.41, 5.74) is 1.66. The second-order valence-corrected chi connectivity index (χ2v) is 7.74. The molecular weight excluding hydrogens is 410 g/mol. The molecule has 1 aromatic heterocycles. The number of rotatable bonds is 4. The minimum atomic E-state index is -0.265. The minimum absolute atomic E-state index is 0.129. The molecule has 4 heterocycles. The van der Waals surface area contributed by atoms with Crippen molar-refractivity contribution in [2.45, 2.75) is 12.5 Å². The Morgan fingerprint density at radius 1 is 1.31 bits per heavy atom. The van der Waals surface area contributed by atoms with Crippen LogP contribution in [0.2, 0.25) is 0 Å². The van der Waals surface area contributed by atoms with E-state index >= 15 is 0 Å². The number of methoxy groups -OCH3 is 1. The zero-order chi connectivity index (χ0) is 22.5. The van der Waals surface area contributed by atoms with E-state index < -0.39 is 0 Å². The number of carbonyl (C=O) groups is 1. The quantitative estimate of drug-likeness (QED) is 0.712. The molecule has 0 aliphatic carbocycles. The van der Waals surface area contributed by atoms with Gasteiger partial charge >= 0.3 is 6.09 Å². The van der Waals surface area contributed by atoms with Crippen molar-refractivity contribution in [3.63, 3.8) is 0 Å². The van der Waals surface area contributed by atoms with Crippen molar-refractivity contribution >= 4 is 17.5 Å². The number of hydrogen-bond donors (Lipinski definition) is 0. The van der Waals surface area contributed by atoms with E-state index in [-0.39, 0.29) is 12.2 Å². The smallest absolute Gasteiger partial charge is 0.410 e. The Kier molecular flexibility index (Phi) is 6.75. The Morgan fingerprint density at radius 2 is 2.12 bits per heavy atom. The van der Waals surface area contributed by atoms with Crippen LogP contribution in [-0.2, 0) is 9.47 Å². The van der Waals surface area contributed by atoms with Gasteiger partial charge in [-0.2, -0.15) is 0 Å². The maximum absolute atomic E-state index is 12.4. The third-order valence-corrected chi connectivity index (χ3v) is 5.72. The van der Waals surface area contributed by atoms with Gasteiger partial charge in [0.05, 0.1) is 20.3 Å². The molecule has 1 unspecified atom stereocenters. The summed E-state index contributed by atoms with van der Waals surface area (Å²) in [7, 11) is 3.54. The van der Waals surface area contributed by atoms with Crippen LogP contribution in [0.15, 0.2) is 54.1 Å². The van der Waals surface area contributed by atoms with Crippen LogP contribution in [0.4, 0.5) is 4.79 Å². The second-order valence-electron chi connectivity index (χ2n) is 7.74. The van der Waals surface area contributed by atoms with Crippen molar-refractivity contribution < 1.29 is 19.0 Å². The van der Waals surface area contributed by atoms with E-state index in [1.807, 2.05) is 36.4 Å². The first-order valence-corrected chi connectivity index (χ1v) is 10.7. The van der Waals surface area contributed by atoms with E-state index in [2.05, 4.69) is 16.5 Å². The van der Waals surface area contributed by atoms with Gasteiger partial charge in [-0.15, -0.1) is 0 Å². The van der Waals surface area contributed by atoms with Gasteiger partial charge < -0.3 is 28.9 Å². The number of pyridine rings is 1. The lowest BCUT2D eigenvalue weighted by molar-refractivity contribution is 0.0467. The summed E-state index contributed by atoms with van der Waals surface area (Å²) in [6, 6.07) is 3.80. The van der Waals surface area contributed by atoms with Crippen LogP contribution >= 0.6 is 0 Å². The van der Waals surface area contributed by atoms with E-state index in [0.717, 1.165) is 29.2 Å². The van der Waals surface area contributed by atoms with Crippen molar-refractivity contribution in [3.05, 3.63) is 54.6 Å². The van der Waals surface area contributed by atoms with Gasteiger partial charge in [0.2, 0.25) is 5.88 Å². The summed E-state index contributed by atoms with van der Waals surface area (Å²) in [6.45, 7) is 7.65. The van der Waals surface area contributed by atoms with Crippen LogP contribution in [0.3, 0.4) is 0 Å². The van der Waals surface area contributed by atoms with E-state index in [9.17, 15) is 4.79 Å². The zero-order valence-electron chi connectivity index (χ0n) is 18.6. The highest BCUT2D eigenvalue weighted by molar-refractivity contribution is 5.96. The van der Waals surface area contributed by atoms with Crippen LogP contribution in [-0.4, -0.2) is 91.3 Å². The molecule has 0 radical (unpaired) electrons. The summed E-state index contributed by atoms with van der Waals surface area (Å²) in [4.78, 5) is 27.5. The highest BCUT2D eigenvalue weighted by atomic mass is 16.6. The van der Waals surface area contributed by atoms with Crippen molar-refractivity contribution in [1.82, 2.24) is 19.7 Å². The minimum Gasteiger partial charge on any atom is -0.481 e. The molecule has 9 heteroatoms. The van der Waals surface area contributed by atoms with Gasteiger partial charge in [-0.1, -0.05) is 12.7 Å². The second kappa shape index (κ2) is 9.86. The Balaban J connectivity index is 1.49. The van der Waals surface area contributed by atoms with E-state index in [4.69, 9.17) is 19.2 Å². The molecule has 2 saturated heterocycles. The average Bonchev–Trinajstić information content (AvgIpc) is 3.34. The van der Waals surface area contributed by atoms with Gasteiger partial charge in [0.1, 0.15) is 17.8 Å². The molecule has 9 nitrogen and oxygen atoms in total. The maximum atomic E-state index is 12.4. The topological polar surface area (TPSA) is 79.7 Å². The van der Waals surface area contributed by atoms with Crippen LogP contribution in [0.1, 0.15) is 12.0 Å². The fourth-order valence-corrected chi connectivity index (χ4v) is 3.92. The van der Waals surface area contributed by atoms with Gasteiger partial charge in [0.25, 0.3) is 0 Å². The van der Waals surface area contributed by atoms with E-state index in [1.165, 1.54) is 0 Å². The number of piperazine rings is 1. The summed E-state index contributed by atoms with van der Waals surface area (Å²) >= 11 is 0. The Labute approximate surface area is 188 Å². The molecule has 3 aliphatic heterocycles. The average molecular weight is 440 g/mol. The summed E-state index contributed by atoms with van der Waals surface area (Å²) in [6.07, 6.45) is 7.79. The molecule has 0 aromatic carbocycles. The monoisotopic (exact) mass is 439 g/mol. The van der Waals surface area contributed by atoms with Gasteiger partial charge in [0.15, 0.2) is 0 Å². The molecule has 32 heavy (non-hydrogen) atoms. The van der Waals surface area contributed by atoms with Crippen molar-refractivity contribution in [1.29, 1.82) is 0 Å². The Hall–Kier alpha value is -3.33. The molecule has 0 saturated carbocycles. The molecule has 4 rings (SSSR count). The normalized spacial score (nSPS) is 22.5. The third-order valence-electron chi connectivity index (χ3n) is 5.72. The number of aliphatic imine (C=N–C) groups is 1. The summed E-state index contributed by atoms with van der Waals surface area (Å²) in [5.74, 6) is 2.12. The van der Waals surface area contributed by atoms with Crippen molar-refractivity contribution in [3.8, 4) is 5.88 Å². The summed E-state index contributed by atoms with van der Waals surface area (Å²) < 4.78 is 16.3. The number of amidine groups is 1. The Morgan fingerprint density at radius 3 is 2.81 bits per heavy atom. The number of amides is 1. The SMILES string of the molecule is C=C/C(=C1/N=C(N2CCN(C(=O)OC3CCOC3)CC2)C=CN1C)c1cccnc1OC. The number of ether oxygens (including phenoxy) is 3. The third kappa shape index (κ3) is 4.62. The molecule has 170 valence electrons. The number of aromatic nitrogens is 1. The van der Waals surface area contributed by atoms with Crippen LogP contribution in [0.25, 0.3) is 5.57 Å². The lowest BCUT2D eigenvalue weighted by Gasteiger charge is -2.37. The summed E-state index contributed by atoms with van der Waals surface area (Å²) in [5, 5.41) is 0. The Bertz CT molecular complexity index is 943. The van der Waals surface area contributed by atoms with Crippen molar-refractivity contribution in [2.24, 2.45) is 4.99 Å². The molecule has 1 aromatic rings. The number of allylic oxidation sites excluding steroid dienone is 2. The fraction of sp³-hybridized carbons (Fsp3) is 0.435. The zero-order valence-corrected chi connectivity index (χ0v) is 18.6. The predicted octanol–water partition coefficient (Wildman–Crippen LogP) is 2.35. The molecule has 0 bridgehead atoms. The van der Waals surface area contributed by atoms with E-state index in [0.29, 0.717) is 45.3 Å². The van der Waals surface area contributed by atoms with Crippen LogP contribution < -0.4 is 4.74 Å². The first-order chi connectivity index (χ1) is 15.6. The standard InChI is InChI=1S/C23H29N5O4/c1-4-18(19-6-5-9-24-22(19)30-3)21-25-20(7-10-26(21)2)27-11-13-28(14-12-27)23(29)32-17-8-15-31-16-17/h4-7,9-10,17H,1,8,11-16H2,2-3H3/b21-18+. The van der Waals surface area contributed by atoms with Crippen LogP contribution in [0.5, 0.6) is 5.88 Å². The molecule has 3 aliphatic rings. The lowest BCUT2D eigenvalue weighted by atomic mass is 10.1.